The highest BCUT2D eigenvalue weighted by Crippen LogP contribution is 2.31. The normalized spacial score (nSPS) is 13.9. The molecule has 4 rings (SSSR count). The smallest absolute Gasteiger partial charge is 0.261 e. The van der Waals surface area contributed by atoms with Crippen molar-refractivity contribution in [2.45, 2.75) is 13.3 Å². The summed E-state index contributed by atoms with van der Waals surface area (Å²) in [5, 5.41) is 2.45. The number of amides is 1. The van der Waals surface area contributed by atoms with Crippen molar-refractivity contribution >= 4 is 28.7 Å². The standard InChI is InChI=1S/C24H21F3N4O/c1-14-8-10-31(23-21(28)3-2-9-29-23)13-18(14)15-4-6-17(7-5-15)30-24(32)22-19(26)11-16(25)12-20(22)27/h2-7,9,11-12H,8,10,13,28H2,1H3,(H,30,32). The molecule has 0 radical (unpaired) electrons. The second kappa shape index (κ2) is 8.74. The molecule has 0 aliphatic carbocycles. The van der Waals surface area contributed by atoms with Gasteiger partial charge in [-0.15, -0.1) is 0 Å². The van der Waals surface area contributed by atoms with Gasteiger partial charge in [0.1, 0.15) is 23.0 Å². The first kappa shape index (κ1) is 21.4. The molecule has 5 nitrogen and oxygen atoms in total. The maximum absolute atomic E-state index is 13.9. The lowest BCUT2D eigenvalue weighted by Gasteiger charge is -2.31. The van der Waals surface area contributed by atoms with Gasteiger partial charge in [0.25, 0.3) is 5.91 Å². The fraction of sp³-hybridized carbons (Fsp3) is 0.167. The van der Waals surface area contributed by atoms with E-state index in [1.807, 2.05) is 18.2 Å². The predicted octanol–water partition coefficient (Wildman–Crippen LogP) is 5.02. The number of pyridine rings is 1. The lowest BCUT2D eigenvalue weighted by molar-refractivity contribution is 0.101. The van der Waals surface area contributed by atoms with Crippen molar-refractivity contribution in [1.29, 1.82) is 0 Å². The van der Waals surface area contributed by atoms with E-state index in [9.17, 15) is 18.0 Å². The number of benzene rings is 2. The van der Waals surface area contributed by atoms with Crippen molar-refractivity contribution in [3.8, 4) is 0 Å². The van der Waals surface area contributed by atoms with Crippen LogP contribution in [0.25, 0.3) is 5.57 Å². The lowest BCUT2D eigenvalue weighted by atomic mass is 9.94. The summed E-state index contributed by atoms with van der Waals surface area (Å²) >= 11 is 0. The minimum Gasteiger partial charge on any atom is -0.396 e. The SMILES string of the molecule is CC1=C(c2ccc(NC(=O)c3c(F)cc(F)cc3F)cc2)CN(c2ncccc2N)CC1. The van der Waals surface area contributed by atoms with Crippen LogP contribution in [-0.2, 0) is 0 Å². The summed E-state index contributed by atoms with van der Waals surface area (Å²) in [4.78, 5) is 18.8. The average Bonchev–Trinajstić information content (AvgIpc) is 2.74. The van der Waals surface area contributed by atoms with E-state index in [2.05, 4.69) is 22.1 Å². The summed E-state index contributed by atoms with van der Waals surface area (Å²) in [5.41, 5.74) is 9.55. The summed E-state index contributed by atoms with van der Waals surface area (Å²) in [7, 11) is 0. The third-order valence-corrected chi connectivity index (χ3v) is 5.46. The van der Waals surface area contributed by atoms with Crippen LogP contribution in [0.2, 0.25) is 0 Å². The third-order valence-electron chi connectivity index (χ3n) is 5.46. The van der Waals surface area contributed by atoms with Gasteiger partial charge >= 0.3 is 0 Å². The quantitative estimate of drug-likeness (QED) is 0.600. The van der Waals surface area contributed by atoms with Gasteiger partial charge in [-0.2, -0.15) is 0 Å². The summed E-state index contributed by atoms with van der Waals surface area (Å²) in [6.45, 7) is 3.51. The number of nitrogens with zero attached hydrogens (tertiary/aromatic N) is 2. The van der Waals surface area contributed by atoms with E-state index >= 15 is 0 Å². The number of hydrogen-bond acceptors (Lipinski definition) is 4. The maximum atomic E-state index is 13.9. The zero-order chi connectivity index (χ0) is 22.8. The van der Waals surface area contributed by atoms with E-state index in [0.29, 0.717) is 30.1 Å². The molecule has 1 aliphatic rings. The van der Waals surface area contributed by atoms with Gasteiger partial charge in [0.2, 0.25) is 0 Å². The predicted molar refractivity (Wildman–Crippen MR) is 119 cm³/mol. The number of rotatable bonds is 4. The fourth-order valence-corrected chi connectivity index (χ4v) is 3.76. The molecule has 32 heavy (non-hydrogen) atoms. The number of anilines is 3. The molecule has 1 amide bonds. The van der Waals surface area contributed by atoms with Gasteiger partial charge in [-0.1, -0.05) is 17.7 Å². The molecule has 0 fully saturated rings. The number of aromatic nitrogens is 1. The minimum absolute atomic E-state index is 0.363. The molecule has 1 aliphatic heterocycles. The van der Waals surface area contributed by atoms with Gasteiger partial charge in [-0.3, -0.25) is 4.79 Å². The van der Waals surface area contributed by atoms with Crippen LogP contribution in [0.1, 0.15) is 29.3 Å². The summed E-state index contributed by atoms with van der Waals surface area (Å²) in [6, 6.07) is 11.5. The van der Waals surface area contributed by atoms with Gasteiger partial charge in [0.05, 0.1) is 5.69 Å². The maximum Gasteiger partial charge on any atom is 0.261 e. The Bertz CT molecular complexity index is 1190. The van der Waals surface area contributed by atoms with Crippen LogP contribution in [0.5, 0.6) is 0 Å². The van der Waals surface area contributed by atoms with Crippen LogP contribution in [0.3, 0.4) is 0 Å². The van der Waals surface area contributed by atoms with E-state index in [0.717, 1.165) is 29.9 Å². The van der Waals surface area contributed by atoms with Crippen molar-refractivity contribution in [3.05, 3.63) is 88.9 Å². The summed E-state index contributed by atoms with van der Waals surface area (Å²) in [5.74, 6) is -3.84. The first-order chi connectivity index (χ1) is 15.3. The zero-order valence-electron chi connectivity index (χ0n) is 17.3. The Morgan fingerprint density at radius 3 is 2.44 bits per heavy atom. The highest BCUT2D eigenvalue weighted by atomic mass is 19.1. The number of nitrogen functional groups attached to an aromatic ring is 1. The van der Waals surface area contributed by atoms with E-state index in [1.54, 1.807) is 24.4 Å². The molecule has 3 aromatic rings. The summed E-state index contributed by atoms with van der Waals surface area (Å²) in [6.07, 6.45) is 2.56. The molecule has 164 valence electrons. The minimum atomic E-state index is -1.26. The fourth-order valence-electron chi connectivity index (χ4n) is 3.76. The van der Waals surface area contributed by atoms with Crippen LogP contribution in [0.15, 0.2) is 60.3 Å². The number of nitrogens with two attached hydrogens (primary N) is 1. The van der Waals surface area contributed by atoms with Crippen molar-refractivity contribution in [3.63, 3.8) is 0 Å². The van der Waals surface area contributed by atoms with Crippen molar-refractivity contribution in [2.24, 2.45) is 0 Å². The van der Waals surface area contributed by atoms with Crippen LogP contribution in [-0.4, -0.2) is 24.0 Å². The molecule has 0 unspecified atom stereocenters. The third kappa shape index (κ3) is 4.30. The summed E-state index contributed by atoms with van der Waals surface area (Å²) < 4.78 is 40.8. The second-order valence-electron chi connectivity index (χ2n) is 7.62. The Morgan fingerprint density at radius 1 is 1.09 bits per heavy atom. The Kier molecular flexibility index (Phi) is 5.85. The molecule has 0 saturated heterocycles. The first-order valence-electron chi connectivity index (χ1n) is 10.0. The molecule has 0 bridgehead atoms. The number of carbonyl (C=O) groups excluding carboxylic acids is 1. The largest absolute Gasteiger partial charge is 0.396 e. The van der Waals surface area contributed by atoms with E-state index < -0.39 is 28.9 Å². The zero-order valence-corrected chi connectivity index (χ0v) is 17.3. The number of carbonyl (C=O) groups is 1. The molecule has 3 N–H and O–H groups in total. The van der Waals surface area contributed by atoms with E-state index in [-0.39, 0.29) is 0 Å². The Morgan fingerprint density at radius 2 is 1.78 bits per heavy atom. The van der Waals surface area contributed by atoms with E-state index in [1.165, 1.54) is 5.57 Å². The van der Waals surface area contributed by atoms with Gasteiger partial charge < -0.3 is 16.0 Å². The van der Waals surface area contributed by atoms with Crippen LogP contribution in [0, 0.1) is 17.5 Å². The van der Waals surface area contributed by atoms with Crippen molar-refractivity contribution < 1.29 is 18.0 Å². The van der Waals surface area contributed by atoms with Gasteiger partial charge in [-0.05, 0) is 48.7 Å². The number of hydrogen-bond donors (Lipinski definition) is 2. The number of nitrogens with one attached hydrogen (secondary N) is 1. The molecule has 8 heteroatoms. The Hall–Kier alpha value is -3.81. The highest BCUT2D eigenvalue weighted by molar-refractivity contribution is 6.04. The molecule has 0 saturated carbocycles. The van der Waals surface area contributed by atoms with Crippen LogP contribution >= 0.6 is 0 Å². The lowest BCUT2D eigenvalue weighted by Crippen LogP contribution is -2.32. The molecule has 2 heterocycles. The monoisotopic (exact) mass is 438 g/mol. The van der Waals surface area contributed by atoms with E-state index in [4.69, 9.17) is 5.73 Å². The molecule has 0 spiro atoms. The van der Waals surface area contributed by atoms with Gasteiger partial charge in [0.15, 0.2) is 5.82 Å². The topological polar surface area (TPSA) is 71.2 Å². The van der Waals surface area contributed by atoms with Crippen molar-refractivity contribution in [1.82, 2.24) is 4.98 Å². The Balaban J connectivity index is 1.52. The second-order valence-corrected chi connectivity index (χ2v) is 7.62. The van der Waals surface area contributed by atoms with Crippen molar-refractivity contribution in [2.75, 3.05) is 29.0 Å². The highest BCUT2D eigenvalue weighted by Gasteiger charge is 2.21. The first-order valence-corrected chi connectivity index (χ1v) is 10.0. The Labute approximate surface area is 183 Å². The van der Waals surface area contributed by atoms with Crippen LogP contribution < -0.4 is 16.0 Å². The molecular weight excluding hydrogens is 417 g/mol. The molecule has 0 atom stereocenters. The van der Waals surface area contributed by atoms with Gasteiger partial charge in [-0.25, -0.2) is 18.2 Å². The molecule has 1 aromatic heterocycles. The van der Waals surface area contributed by atoms with Crippen LogP contribution in [0.4, 0.5) is 30.4 Å². The van der Waals surface area contributed by atoms with Gasteiger partial charge in [0, 0.05) is 37.1 Å². The average molecular weight is 438 g/mol. The molecule has 2 aromatic carbocycles. The molecular formula is C24H21F3N4O. The number of halogens is 3.